The summed E-state index contributed by atoms with van der Waals surface area (Å²) in [6, 6.07) is 0.458. The molecule has 1 aliphatic rings. The Kier molecular flexibility index (Phi) is 2.59. The molecule has 0 amide bonds. The monoisotopic (exact) mass is 193 g/mol. The van der Waals surface area contributed by atoms with Gasteiger partial charge in [0.2, 0.25) is 0 Å². The topological polar surface area (TPSA) is 29.9 Å². The van der Waals surface area contributed by atoms with Crippen LogP contribution in [0.4, 0.5) is 0 Å². The minimum absolute atomic E-state index is 0.458. The predicted molar refractivity (Wildman–Crippen MR) is 57.2 cm³/mol. The van der Waals surface area contributed by atoms with E-state index in [0.29, 0.717) is 12.0 Å². The highest BCUT2D eigenvalue weighted by molar-refractivity contribution is 5.20. The fraction of sp³-hybridized carbons (Fsp3) is 0.727. The van der Waals surface area contributed by atoms with E-state index in [1.54, 1.807) is 0 Å². The smallest absolute Gasteiger partial charge is 0.0952 e. The van der Waals surface area contributed by atoms with Gasteiger partial charge in [-0.3, -0.25) is 0 Å². The van der Waals surface area contributed by atoms with Crippen LogP contribution < -0.4 is 5.32 Å². The maximum atomic E-state index is 4.48. The molecule has 0 saturated heterocycles. The third kappa shape index (κ3) is 1.69. The average Bonchev–Trinajstić information content (AvgIpc) is 2.49. The molecular formula is C11H19N3. The van der Waals surface area contributed by atoms with E-state index in [1.807, 2.05) is 6.33 Å². The van der Waals surface area contributed by atoms with Crippen LogP contribution in [0.1, 0.15) is 38.2 Å². The first kappa shape index (κ1) is 9.71. The summed E-state index contributed by atoms with van der Waals surface area (Å²) in [6.45, 7) is 8.85. The summed E-state index contributed by atoms with van der Waals surface area (Å²) in [6.07, 6.45) is 3.07. The zero-order valence-electron chi connectivity index (χ0n) is 9.25. The zero-order valence-corrected chi connectivity index (χ0v) is 9.25. The molecule has 2 heterocycles. The molecule has 0 bridgehead atoms. The van der Waals surface area contributed by atoms with Gasteiger partial charge in [-0.1, -0.05) is 13.8 Å². The van der Waals surface area contributed by atoms with E-state index < -0.39 is 0 Å². The van der Waals surface area contributed by atoms with Crippen molar-refractivity contribution in [3.05, 3.63) is 17.7 Å². The molecule has 14 heavy (non-hydrogen) atoms. The molecule has 1 aromatic rings. The molecule has 1 N–H and O–H groups in total. The Bertz CT molecular complexity index is 314. The molecule has 0 aromatic carbocycles. The minimum atomic E-state index is 0.458. The van der Waals surface area contributed by atoms with Crippen molar-refractivity contribution in [2.24, 2.45) is 5.92 Å². The van der Waals surface area contributed by atoms with Gasteiger partial charge in [-0.25, -0.2) is 4.98 Å². The molecular weight excluding hydrogens is 174 g/mol. The van der Waals surface area contributed by atoms with Gasteiger partial charge in [0.25, 0.3) is 0 Å². The second-order valence-electron chi connectivity index (χ2n) is 4.55. The SMILES string of the molecule is CC(C)Cn1cnc2c1C(C)NCC2. The van der Waals surface area contributed by atoms with Gasteiger partial charge < -0.3 is 9.88 Å². The summed E-state index contributed by atoms with van der Waals surface area (Å²) < 4.78 is 2.30. The third-order valence-electron chi connectivity index (χ3n) is 2.74. The highest BCUT2D eigenvalue weighted by Gasteiger charge is 2.21. The molecule has 0 aliphatic carbocycles. The number of hydrogen-bond acceptors (Lipinski definition) is 2. The number of fused-ring (bicyclic) bond motifs is 1. The predicted octanol–water partition coefficient (Wildman–Crippen LogP) is 1.75. The first-order valence-corrected chi connectivity index (χ1v) is 5.45. The van der Waals surface area contributed by atoms with Gasteiger partial charge in [0.05, 0.1) is 17.7 Å². The number of nitrogens with zero attached hydrogens (tertiary/aromatic N) is 2. The van der Waals surface area contributed by atoms with Crippen molar-refractivity contribution in [1.82, 2.24) is 14.9 Å². The Morgan fingerprint density at radius 1 is 1.64 bits per heavy atom. The Balaban J connectivity index is 2.29. The largest absolute Gasteiger partial charge is 0.333 e. The van der Waals surface area contributed by atoms with E-state index in [-0.39, 0.29) is 0 Å². The lowest BCUT2D eigenvalue weighted by Gasteiger charge is -2.23. The normalized spacial score (nSPS) is 21.3. The molecule has 0 saturated carbocycles. The maximum Gasteiger partial charge on any atom is 0.0952 e. The van der Waals surface area contributed by atoms with Crippen molar-refractivity contribution in [2.45, 2.75) is 39.8 Å². The van der Waals surface area contributed by atoms with Gasteiger partial charge >= 0.3 is 0 Å². The molecule has 0 fully saturated rings. The van der Waals surface area contributed by atoms with Gasteiger partial charge in [-0.05, 0) is 12.8 Å². The van der Waals surface area contributed by atoms with Crippen LogP contribution in [0, 0.1) is 5.92 Å². The average molecular weight is 193 g/mol. The first-order chi connectivity index (χ1) is 6.68. The van der Waals surface area contributed by atoms with Crippen LogP contribution in [0.3, 0.4) is 0 Å². The summed E-state index contributed by atoms with van der Waals surface area (Å²) in [5, 5.41) is 3.48. The zero-order chi connectivity index (χ0) is 10.1. The third-order valence-corrected chi connectivity index (χ3v) is 2.74. The van der Waals surface area contributed by atoms with E-state index in [4.69, 9.17) is 0 Å². The molecule has 2 rings (SSSR count). The maximum absolute atomic E-state index is 4.48. The Hall–Kier alpha value is -0.830. The van der Waals surface area contributed by atoms with Crippen molar-refractivity contribution in [3.8, 4) is 0 Å². The summed E-state index contributed by atoms with van der Waals surface area (Å²) in [7, 11) is 0. The van der Waals surface area contributed by atoms with Crippen molar-refractivity contribution >= 4 is 0 Å². The van der Waals surface area contributed by atoms with E-state index >= 15 is 0 Å². The molecule has 1 aromatic heterocycles. The Morgan fingerprint density at radius 3 is 3.14 bits per heavy atom. The fourth-order valence-corrected chi connectivity index (χ4v) is 2.17. The van der Waals surface area contributed by atoms with Crippen LogP contribution in [0.15, 0.2) is 6.33 Å². The van der Waals surface area contributed by atoms with Crippen LogP contribution in [0.2, 0.25) is 0 Å². The lowest BCUT2D eigenvalue weighted by molar-refractivity contribution is 0.457. The van der Waals surface area contributed by atoms with Crippen molar-refractivity contribution in [3.63, 3.8) is 0 Å². The van der Waals surface area contributed by atoms with Crippen LogP contribution >= 0.6 is 0 Å². The van der Waals surface area contributed by atoms with Crippen molar-refractivity contribution in [2.75, 3.05) is 6.54 Å². The highest BCUT2D eigenvalue weighted by atomic mass is 15.1. The highest BCUT2D eigenvalue weighted by Crippen LogP contribution is 2.22. The molecule has 1 aliphatic heterocycles. The second kappa shape index (κ2) is 3.73. The Labute approximate surface area is 85.5 Å². The fourth-order valence-electron chi connectivity index (χ4n) is 2.17. The molecule has 3 heteroatoms. The van der Waals surface area contributed by atoms with Gasteiger partial charge in [-0.15, -0.1) is 0 Å². The summed E-state index contributed by atoms with van der Waals surface area (Å²) in [4.78, 5) is 4.48. The van der Waals surface area contributed by atoms with E-state index in [1.165, 1.54) is 11.4 Å². The molecule has 3 nitrogen and oxygen atoms in total. The van der Waals surface area contributed by atoms with E-state index in [2.05, 4.69) is 35.6 Å². The number of imidazole rings is 1. The van der Waals surface area contributed by atoms with Crippen molar-refractivity contribution in [1.29, 1.82) is 0 Å². The molecule has 1 atom stereocenters. The number of nitrogens with one attached hydrogen (secondary N) is 1. The number of rotatable bonds is 2. The molecule has 78 valence electrons. The van der Waals surface area contributed by atoms with Crippen LogP contribution in [-0.2, 0) is 13.0 Å². The molecule has 0 radical (unpaired) electrons. The van der Waals surface area contributed by atoms with E-state index in [9.17, 15) is 0 Å². The first-order valence-electron chi connectivity index (χ1n) is 5.45. The Morgan fingerprint density at radius 2 is 2.43 bits per heavy atom. The van der Waals surface area contributed by atoms with E-state index in [0.717, 1.165) is 19.5 Å². The molecule has 0 spiro atoms. The summed E-state index contributed by atoms with van der Waals surface area (Å²) in [5.74, 6) is 0.683. The van der Waals surface area contributed by atoms with Gasteiger partial charge in [0.15, 0.2) is 0 Å². The number of hydrogen-bond donors (Lipinski definition) is 1. The quantitative estimate of drug-likeness (QED) is 0.775. The lowest BCUT2D eigenvalue weighted by atomic mass is 10.1. The van der Waals surface area contributed by atoms with Crippen LogP contribution in [0.5, 0.6) is 0 Å². The van der Waals surface area contributed by atoms with Crippen LogP contribution in [-0.4, -0.2) is 16.1 Å². The summed E-state index contributed by atoms with van der Waals surface area (Å²) in [5.41, 5.74) is 2.68. The molecule has 1 unspecified atom stereocenters. The minimum Gasteiger partial charge on any atom is -0.333 e. The van der Waals surface area contributed by atoms with Crippen LogP contribution in [0.25, 0.3) is 0 Å². The number of aromatic nitrogens is 2. The van der Waals surface area contributed by atoms with Gasteiger partial charge in [0, 0.05) is 25.6 Å². The van der Waals surface area contributed by atoms with Gasteiger partial charge in [-0.2, -0.15) is 0 Å². The standard InChI is InChI=1S/C11H19N3/c1-8(2)6-14-7-13-10-4-5-12-9(3)11(10)14/h7-9,12H,4-6H2,1-3H3. The summed E-state index contributed by atoms with van der Waals surface area (Å²) >= 11 is 0. The van der Waals surface area contributed by atoms with Crippen molar-refractivity contribution < 1.29 is 0 Å². The second-order valence-corrected chi connectivity index (χ2v) is 4.55. The lowest BCUT2D eigenvalue weighted by Crippen LogP contribution is -2.29. The van der Waals surface area contributed by atoms with Gasteiger partial charge in [0.1, 0.15) is 0 Å².